The lowest BCUT2D eigenvalue weighted by molar-refractivity contribution is 0.0502. The predicted octanol–water partition coefficient (Wildman–Crippen LogP) is 2.15. The van der Waals surface area contributed by atoms with Crippen LogP contribution >= 0.6 is 0 Å². The maximum Gasteiger partial charge on any atom is 0.164 e. The fourth-order valence-electron chi connectivity index (χ4n) is 1.89. The van der Waals surface area contributed by atoms with Crippen molar-refractivity contribution in [2.24, 2.45) is 7.05 Å². The van der Waals surface area contributed by atoms with E-state index in [1.165, 1.54) is 19.1 Å². The van der Waals surface area contributed by atoms with E-state index in [1.54, 1.807) is 24.0 Å². The van der Waals surface area contributed by atoms with Gasteiger partial charge in [-0.15, -0.1) is 0 Å². The lowest BCUT2D eigenvalue weighted by Gasteiger charge is -2.24. The van der Waals surface area contributed by atoms with Gasteiger partial charge < -0.3 is 9.67 Å². The Morgan fingerprint density at radius 2 is 2.11 bits per heavy atom. The molecule has 5 heteroatoms. The Hall–Kier alpha value is -1.75. The third-order valence-electron chi connectivity index (χ3n) is 2.96. The Labute approximate surface area is 104 Å². The summed E-state index contributed by atoms with van der Waals surface area (Å²) in [6.45, 7) is 1.44. The van der Waals surface area contributed by atoms with Crippen molar-refractivity contribution in [3.05, 3.63) is 53.6 Å². The van der Waals surface area contributed by atoms with Crippen LogP contribution in [0.5, 0.6) is 0 Å². The van der Waals surface area contributed by atoms with E-state index in [2.05, 4.69) is 4.98 Å². The molecular formula is C13H14F2N2O. The molecule has 0 spiro atoms. The van der Waals surface area contributed by atoms with Gasteiger partial charge in [0.15, 0.2) is 11.6 Å². The van der Waals surface area contributed by atoms with E-state index >= 15 is 0 Å². The van der Waals surface area contributed by atoms with Gasteiger partial charge >= 0.3 is 0 Å². The van der Waals surface area contributed by atoms with E-state index in [0.717, 1.165) is 6.07 Å². The summed E-state index contributed by atoms with van der Waals surface area (Å²) in [5, 5.41) is 10.3. The number of aliphatic hydroxyl groups is 1. The summed E-state index contributed by atoms with van der Waals surface area (Å²) < 4.78 is 28.6. The van der Waals surface area contributed by atoms with Gasteiger partial charge in [0, 0.05) is 31.4 Å². The number of aromatic nitrogens is 2. The molecule has 0 saturated carbocycles. The minimum atomic E-state index is -1.51. The first-order chi connectivity index (χ1) is 8.42. The molecular weight excluding hydrogens is 238 g/mol. The largest absolute Gasteiger partial charge is 0.385 e. The molecule has 0 aliphatic rings. The van der Waals surface area contributed by atoms with Crippen molar-refractivity contribution < 1.29 is 13.9 Å². The van der Waals surface area contributed by atoms with Crippen molar-refractivity contribution in [2.75, 3.05) is 0 Å². The quantitative estimate of drug-likeness (QED) is 0.909. The minimum absolute atomic E-state index is 0.0644. The molecule has 96 valence electrons. The van der Waals surface area contributed by atoms with E-state index in [-0.39, 0.29) is 12.0 Å². The summed E-state index contributed by atoms with van der Waals surface area (Å²) in [6, 6.07) is 3.78. The van der Waals surface area contributed by atoms with Crippen LogP contribution in [0.4, 0.5) is 8.78 Å². The van der Waals surface area contributed by atoms with Crippen molar-refractivity contribution in [2.45, 2.75) is 18.9 Å². The number of benzene rings is 1. The Balaban J connectivity index is 2.36. The molecule has 0 fully saturated rings. The molecule has 0 aliphatic carbocycles. The van der Waals surface area contributed by atoms with Crippen LogP contribution in [0, 0.1) is 11.6 Å². The van der Waals surface area contributed by atoms with Crippen LogP contribution in [-0.4, -0.2) is 14.7 Å². The molecule has 0 bridgehead atoms. The van der Waals surface area contributed by atoms with Crippen LogP contribution in [0.1, 0.15) is 18.3 Å². The van der Waals surface area contributed by atoms with Crippen molar-refractivity contribution in [3.8, 4) is 0 Å². The molecule has 0 amide bonds. The fourth-order valence-corrected chi connectivity index (χ4v) is 1.89. The van der Waals surface area contributed by atoms with Crippen molar-refractivity contribution in [1.29, 1.82) is 0 Å². The number of rotatable bonds is 3. The average Bonchev–Trinajstić information content (AvgIpc) is 2.67. The standard InChI is InChI=1S/C13H14F2N2O/c1-13(18,8-11-16-6-7-17(11)2)9-4-3-5-10(14)12(9)15/h3-7,18H,8H2,1-2H3. The first-order valence-corrected chi connectivity index (χ1v) is 5.55. The highest BCUT2D eigenvalue weighted by Crippen LogP contribution is 2.27. The molecule has 1 aromatic heterocycles. The summed E-state index contributed by atoms with van der Waals surface area (Å²) in [7, 11) is 1.78. The van der Waals surface area contributed by atoms with E-state index in [4.69, 9.17) is 0 Å². The van der Waals surface area contributed by atoms with Gasteiger partial charge in [0.05, 0.1) is 5.60 Å². The Bertz CT molecular complexity index is 564. The summed E-state index contributed by atoms with van der Waals surface area (Å²) >= 11 is 0. The second-order valence-electron chi connectivity index (χ2n) is 4.51. The van der Waals surface area contributed by atoms with Gasteiger partial charge in [-0.25, -0.2) is 13.8 Å². The summed E-state index contributed by atoms with van der Waals surface area (Å²) in [4.78, 5) is 4.07. The molecule has 0 aliphatic heterocycles. The topological polar surface area (TPSA) is 38.0 Å². The molecule has 1 heterocycles. The van der Waals surface area contributed by atoms with Crippen LogP contribution in [-0.2, 0) is 19.1 Å². The highest BCUT2D eigenvalue weighted by molar-refractivity contribution is 5.26. The summed E-state index contributed by atoms with van der Waals surface area (Å²) in [6.07, 6.45) is 3.43. The number of aryl methyl sites for hydroxylation is 1. The normalized spacial score (nSPS) is 14.5. The van der Waals surface area contributed by atoms with Gasteiger partial charge in [-0.05, 0) is 13.0 Å². The van der Waals surface area contributed by atoms with Gasteiger partial charge in [-0.1, -0.05) is 12.1 Å². The molecule has 2 rings (SSSR count). The molecule has 1 aromatic carbocycles. The summed E-state index contributed by atoms with van der Waals surface area (Å²) in [5.74, 6) is -1.38. The average molecular weight is 252 g/mol. The zero-order chi connectivity index (χ0) is 13.3. The number of hydrogen-bond acceptors (Lipinski definition) is 2. The fraction of sp³-hybridized carbons (Fsp3) is 0.308. The maximum atomic E-state index is 13.7. The molecule has 18 heavy (non-hydrogen) atoms. The molecule has 1 unspecified atom stereocenters. The number of hydrogen-bond donors (Lipinski definition) is 1. The minimum Gasteiger partial charge on any atom is -0.385 e. The first kappa shape index (κ1) is 12.7. The lowest BCUT2D eigenvalue weighted by Crippen LogP contribution is -2.27. The van der Waals surface area contributed by atoms with E-state index in [1.807, 2.05) is 0 Å². The molecule has 0 saturated heterocycles. The van der Waals surface area contributed by atoms with E-state index < -0.39 is 17.2 Å². The van der Waals surface area contributed by atoms with Crippen LogP contribution < -0.4 is 0 Å². The van der Waals surface area contributed by atoms with Crippen molar-refractivity contribution in [1.82, 2.24) is 9.55 Å². The molecule has 1 atom stereocenters. The van der Waals surface area contributed by atoms with Crippen LogP contribution in [0.3, 0.4) is 0 Å². The highest BCUT2D eigenvalue weighted by atomic mass is 19.2. The smallest absolute Gasteiger partial charge is 0.164 e. The zero-order valence-electron chi connectivity index (χ0n) is 10.2. The first-order valence-electron chi connectivity index (χ1n) is 5.55. The van der Waals surface area contributed by atoms with Gasteiger partial charge in [0.2, 0.25) is 0 Å². The van der Waals surface area contributed by atoms with E-state index in [9.17, 15) is 13.9 Å². The molecule has 0 radical (unpaired) electrons. The van der Waals surface area contributed by atoms with Crippen LogP contribution in [0.25, 0.3) is 0 Å². The van der Waals surface area contributed by atoms with Gasteiger partial charge in [0.1, 0.15) is 5.82 Å². The highest BCUT2D eigenvalue weighted by Gasteiger charge is 2.29. The van der Waals surface area contributed by atoms with Crippen molar-refractivity contribution in [3.63, 3.8) is 0 Å². The predicted molar refractivity (Wildman–Crippen MR) is 62.8 cm³/mol. The summed E-state index contributed by atoms with van der Waals surface area (Å²) in [5.41, 5.74) is -1.57. The van der Waals surface area contributed by atoms with Gasteiger partial charge in [0.25, 0.3) is 0 Å². The van der Waals surface area contributed by atoms with Gasteiger partial charge in [-0.3, -0.25) is 0 Å². The third-order valence-corrected chi connectivity index (χ3v) is 2.96. The van der Waals surface area contributed by atoms with E-state index in [0.29, 0.717) is 5.82 Å². The Morgan fingerprint density at radius 3 is 2.72 bits per heavy atom. The van der Waals surface area contributed by atoms with Crippen molar-refractivity contribution >= 4 is 0 Å². The van der Waals surface area contributed by atoms with Crippen LogP contribution in [0.15, 0.2) is 30.6 Å². The second-order valence-corrected chi connectivity index (χ2v) is 4.51. The maximum absolute atomic E-state index is 13.7. The Morgan fingerprint density at radius 1 is 1.39 bits per heavy atom. The van der Waals surface area contributed by atoms with Gasteiger partial charge in [-0.2, -0.15) is 0 Å². The zero-order valence-corrected chi connectivity index (χ0v) is 10.2. The number of nitrogens with zero attached hydrogens (tertiary/aromatic N) is 2. The third kappa shape index (κ3) is 2.26. The second kappa shape index (κ2) is 4.49. The molecule has 2 aromatic rings. The monoisotopic (exact) mass is 252 g/mol. The number of halogens is 2. The Kier molecular flexibility index (Phi) is 3.17. The lowest BCUT2D eigenvalue weighted by atomic mass is 9.91. The number of imidazole rings is 1. The van der Waals surface area contributed by atoms with Crippen LogP contribution in [0.2, 0.25) is 0 Å². The SMILES string of the molecule is Cn1ccnc1CC(C)(O)c1cccc(F)c1F. The molecule has 1 N–H and O–H groups in total. The molecule has 3 nitrogen and oxygen atoms in total.